The van der Waals surface area contributed by atoms with Crippen LogP contribution in [0, 0.1) is 5.92 Å². The molecule has 1 unspecified atom stereocenters. The van der Waals surface area contributed by atoms with Gasteiger partial charge in [0.15, 0.2) is 11.4 Å². The number of carbonyl (C=O) groups excluding carboxylic acids is 1. The van der Waals surface area contributed by atoms with Crippen molar-refractivity contribution < 1.29 is 15.0 Å². The summed E-state index contributed by atoms with van der Waals surface area (Å²) in [4.78, 5) is 12.2. The van der Waals surface area contributed by atoms with Crippen molar-refractivity contribution in [3.8, 4) is 11.4 Å². The van der Waals surface area contributed by atoms with E-state index in [0.29, 0.717) is 24.8 Å². The van der Waals surface area contributed by atoms with E-state index in [1.165, 1.54) is 16.4 Å². The molecule has 3 rings (SSSR count). The molecule has 0 bridgehead atoms. The van der Waals surface area contributed by atoms with Crippen LogP contribution in [-0.4, -0.2) is 38.5 Å². The molecular formula is C19H25N3O3. The highest BCUT2D eigenvalue weighted by atomic mass is 16.3. The number of hydrogen-bond acceptors (Lipinski definition) is 4. The maximum absolute atomic E-state index is 12.2. The molecule has 1 aliphatic carbocycles. The standard InChI is InChI=1S/C19H25N3O3/c1-12(2)13-5-7-15(8-6-13)22-11-17(24)18(21-22)19(25)20-10-9-16(23)14-3-4-14/h5-8,11-12,14,16,23-24H,3-4,9-10H2,1-2H3,(H,20,25). The van der Waals surface area contributed by atoms with Crippen LogP contribution in [0.2, 0.25) is 0 Å². The molecular weight excluding hydrogens is 318 g/mol. The number of aliphatic hydroxyl groups excluding tert-OH is 1. The molecule has 6 heteroatoms. The lowest BCUT2D eigenvalue weighted by Gasteiger charge is -2.09. The molecule has 1 saturated carbocycles. The minimum Gasteiger partial charge on any atom is -0.504 e. The van der Waals surface area contributed by atoms with E-state index >= 15 is 0 Å². The van der Waals surface area contributed by atoms with Crippen LogP contribution in [0.1, 0.15) is 55.1 Å². The smallest absolute Gasteiger partial charge is 0.275 e. The van der Waals surface area contributed by atoms with Crippen molar-refractivity contribution in [2.24, 2.45) is 5.92 Å². The molecule has 0 saturated heterocycles. The van der Waals surface area contributed by atoms with Gasteiger partial charge in [-0.2, -0.15) is 5.10 Å². The van der Waals surface area contributed by atoms with E-state index in [2.05, 4.69) is 24.3 Å². The molecule has 1 atom stereocenters. The van der Waals surface area contributed by atoms with E-state index in [4.69, 9.17) is 0 Å². The van der Waals surface area contributed by atoms with E-state index in [-0.39, 0.29) is 17.5 Å². The van der Waals surface area contributed by atoms with E-state index in [1.807, 2.05) is 24.3 Å². The lowest BCUT2D eigenvalue weighted by Crippen LogP contribution is -2.28. The van der Waals surface area contributed by atoms with Gasteiger partial charge in [0.05, 0.1) is 18.0 Å². The van der Waals surface area contributed by atoms with Crippen molar-refractivity contribution >= 4 is 5.91 Å². The molecule has 0 aliphatic heterocycles. The van der Waals surface area contributed by atoms with Crippen molar-refractivity contribution in [2.75, 3.05) is 6.54 Å². The Bertz CT molecular complexity index is 733. The minimum atomic E-state index is -0.432. The topological polar surface area (TPSA) is 87.4 Å². The largest absolute Gasteiger partial charge is 0.504 e. The average Bonchev–Trinajstić information content (AvgIpc) is 3.37. The molecule has 6 nitrogen and oxygen atoms in total. The van der Waals surface area contributed by atoms with Crippen molar-refractivity contribution in [1.82, 2.24) is 15.1 Å². The predicted octanol–water partition coefficient (Wildman–Crippen LogP) is 2.59. The number of aliphatic hydroxyl groups is 1. The summed E-state index contributed by atoms with van der Waals surface area (Å²) in [5.41, 5.74) is 1.99. The van der Waals surface area contributed by atoms with Crippen LogP contribution >= 0.6 is 0 Å². The third-order valence-corrected chi connectivity index (χ3v) is 4.63. The van der Waals surface area contributed by atoms with Gasteiger partial charge in [-0.25, -0.2) is 4.68 Å². The average molecular weight is 343 g/mol. The van der Waals surface area contributed by atoms with Gasteiger partial charge in [-0.1, -0.05) is 26.0 Å². The number of hydrogen-bond donors (Lipinski definition) is 3. The molecule has 1 fully saturated rings. The molecule has 3 N–H and O–H groups in total. The maximum Gasteiger partial charge on any atom is 0.275 e. The first-order valence-electron chi connectivity index (χ1n) is 8.81. The van der Waals surface area contributed by atoms with Crippen molar-refractivity contribution in [3.05, 3.63) is 41.7 Å². The Morgan fingerprint density at radius 3 is 2.60 bits per heavy atom. The van der Waals surface area contributed by atoms with Crippen LogP contribution in [0.15, 0.2) is 30.5 Å². The van der Waals surface area contributed by atoms with E-state index < -0.39 is 5.91 Å². The van der Waals surface area contributed by atoms with Crippen LogP contribution < -0.4 is 5.32 Å². The number of amides is 1. The molecule has 1 aliphatic rings. The lowest BCUT2D eigenvalue weighted by atomic mass is 10.0. The zero-order chi connectivity index (χ0) is 18.0. The highest BCUT2D eigenvalue weighted by Gasteiger charge is 2.29. The molecule has 1 aromatic heterocycles. The molecule has 134 valence electrons. The third-order valence-electron chi connectivity index (χ3n) is 4.63. The molecule has 25 heavy (non-hydrogen) atoms. The quantitative estimate of drug-likeness (QED) is 0.721. The predicted molar refractivity (Wildman–Crippen MR) is 95.0 cm³/mol. The van der Waals surface area contributed by atoms with Gasteiger partial charge in [-0.15, -0.1) is 0 Å². The first-order chi connectivity index (χ1) is 12.0. The fraction of sp³-hybridized carbons (Fsp3) is 0.474. The van der Waals surface area contributed by atoms with Crippen molar-refractivity contribution in [1.29, 1.82) is 0 Å². The second-order valence-corrected chi connectivity index (χ2v) is 7.00. The minimum absolute atomic E-state index is 0.00570. The summed E-state index contributed by atoms with van der Waals surface area (Å²) < 4.78 is 1.49. The second kappa shape index (κ2) is 7.27. The number of nitrogens with one attached hydrogen (secondary N) is 1. The van der Waals surface area contributed by atoms with Gasteiger partial charge >= 0.3 is 0 Å². The molecule has 1 amide bonds. The third kappa shape index (κ3) is 4.20. The Labute approximate surface area is 147 Å². The number of aromatic nitrogens is 2. The van der Waals surface area contributed by atoms with Gasteiger partial charge in [-0.05, 0) is 48.8 Å². The van der Waals surface area contributed by atoms with Crippen molar-refractivity contribution in [3.63, 3.8) is 0 Å². The molecule has 0 spiro atoms. The summed E-state index contributed by atoms with van der Waals surface area (Å²) in [7, 11) is 0. The Balaban J connectivity index is 1.63. The number of aromatic hydroxyl groups is 1. The first kappa shape index (κ1) is 17.5. The summed E-state index contributed by atoms with van der Waals surface area (Å²) in [6.07, 6.45) is 3.73. The molecule has 1 aromatic carbocycles. The van der Waals surface area contributed by atoms with Crippen LogP contribution in [0.5, 0.6) is 5.75 Å². The van der Waals surface area contributed by atoms with Gasteiger partial charge in [0.25, 0.3) is 5.91 Å². The van der Waals surface area contributed by atoms with Crippen LogP contribution in [0.4, 0.5) is 0 Å². The van der Waals surface area contributed by atoms with Crippen LogP contribution in [-0.2, 0) is 0 Å². The van der Waals surface area contributed by atoms with E-state index in [9.17, 15) is 15.0 Å². The summed E-state index contributed by atoms with van der Waals surface area (Å²) in [6.45, 7) is 4.61. The fourth-order valence-corrected chi connectivity index (χ4v) is 2.80. The second-order valence-electron chi connectivity index (χ2n) is 7.00. The van der Waals surface area contributed by atoms with Gasteiger partial charge < -0.3 is 15.5 Å². The highest BCUT2D eigenvalue weighted by molar-refractivity contribution is 5.94. The number of nitrogens with zero attached hydrogens (tertiary/aromatic N) is 2. The Hall–Kier alpha value is -2.34. The van der Waals surface area contributed by atoms with E-state index in [0.717, 1.165) is 18.5 Å². The Morgan fingerprint density at radius 2 is 2.00 bits per heavy atom. The zero-order valence-electron chi connectivity index (χ0n) is 14.6. The van der Waals surface area contributed by atoms with E-state index in [1.54, 1.807) is 0 Å². The maximum atomic E-state index is 12.2. The fourth-order valence-electron chi connectivity index (χ4n) is 2.80. The van der Waals surface area contributed by atoms with Gasteiger partial charge in [0, 0.05) is 6.54 Å². The number of carbonyl (C=O) groups is 1. The summed E-state index contributed by atoms with van der Waals surface area (Å²) in [6, 6.07) is 7.85. The number of rotatable bonds is 7. The summed E-state index contributed by atoms with van der Waals surface area (Å²) in [5.74, 6) is 0.233. The van der Waals surface area contributed by atoms with Crippen molar-refractivity contribution in [2.45, 2.75) is 45.1 Å². The number of benzene rings is 1. The summed E-state index contributed by atoms with van der Waals surface area (Å²) >= 11 is 0. The monoisotopic (exact) mass is 343 g/mol. The van der Waals surface area contributed by atoms with Gasteiger partial charge in [0.1, 0.15) is 0 Å². The lowest BCUT2D eigenvalue weighted by molar-refractivity contribution is 0.0929. The van der Waals surface area contributed by atoms with Crippen LogP contribution in [0.3, 0.4) is 0 Å². The van der Waals surface area contributed by atoms with Crippen LogP contribution in [0.25, 0.3) is 5.69 Å². The summed E-state index contributed by atoms with van der Waals surface area (Å²) in [5, 5.41) is 26.7. The SMILES string of the molecule is CC(C)c1ccc(-n2cc(O)c(C(=O)NCCC(O)C3CC3)n2)cc1. The highest BCUT2D eigenvalue weighted by Crippen LogP contribution is 2.33. The zero-order valence-corrected chi connectivity index (χ0v) is 14.6. The molecule has 1 heterocycles. The molecule has 2 aromatic rings. The molecule has 0 radical (unpaired) electrons. The van der Waals surface area contributed by atoms with Gasteiger partial charge in [0.2, 0.25) is 0 Å². The Kier molecular flexibility index (Phi) is 5.08. The Morgan fingerprint density at radius 1 is 1.32 bits per heavy atom. The normalized spacial score (nSPS) is 15.4. The van der Waals surface area contributed by atoms with Gasteiger partial charge in [-0.3, -0.25) is 4.79 Å². The first-order valence-corrected chi connectivity index (χ1v) is 8.81.